The SMILES string of the molecule is C1CC[CH]([Sn]([CH]2CCCC2)[CH]2CCCC2)C1. The van der Waals surface area contributed by atoms with E-state index < -0.39 is 19.8 Å². The molecule has 0 spiro atoms. The molecule has 16 heavy (non-hydrogen) atoms. The summed E-state index contributed by atoms with van der Waals surface area (Å²) in [6.45, 7) is 0. The first kappa shape index (κ1) is 11.9. The molecule has 3 rings (SSSR count). The molecule has 1 heteroatoms. The van der Waals surface area contributed by atoms with Crippen LogP contribution in [0.25, 0.3) is 0 Å². The van der Waals surface area contributed by atoms with Crippen LogP contribution >= 0.6 is 0 Å². The third-order valence-electron chi connectivity index (χ3n) is 5.48. The molecule has 0 amide bonds. The molecule has 0 aliphatic heterocycles. The average molecular weight is 326 g/mol. The number of hydrogen-bond donors (Lipinski definition) is 0. The molecule has 91 valence electrons. The fraction of sp³-hybridized carbons (Fsp3) is 1.00. The Balaban J connectivity index is 1.70. The zero-order valence-corrected chi connectivity index (χ0v) is 13.6. The van der Waals surface area contributed by atoms with Gasteiger partial charge < -0.3 is 0 Å². The van der Waals surface area contributed by atoms with E-state index in [1.54, 1.807) is 77.0 Å². The summed E-state index contributed by atoms with van der Waals surface area (Å²) in [5.41, 5.74) is 0. The second-order valence-electron chi connectivity index (χ2n) is 6.44. The first-order valence-electron chi connectivity index (χ1n) is 7.82. The molecule has 0 unspecified atom stereocenters. The monoisotopic (exact) mass is 327 g/mol. The van der Waals surface area contributed by atoms with Crippen molar-refractivity contribution in [1.82, 2.24) is 0 Å². The summed E-state index contributed by atoms with van der Waals surface area (Å²) in [5.74, 6) is 0. The third kappa shape index (κ3) is 2.47. The molecular weight excluding hydrogens is 299 g/mol. The van der Waals surface area contributed by atoms with Crippen LogP contribution in [-0.2, 0) is 0 Å². The maximum atomic E-state index is 1.67. The molecule has 0 nitrogen and oxygen atoms in total. The second-order valence-corrected chi connectivity index (χ2v) is 16.3. The van der Waals surface area contributed by atoms with Crippen molar-refractivity contribution in [2.45, 2.75) is 88.9 Å². The van der Waals surface area contributed by atoms with E-state index in [4.69, 9.17) is 0 Å². The molecule has 0 aromatic heterocycles. The van der Waals surface area contributed by atoms with E-state index in [9.17, 15) is 0 Å². The van der Waals surface area contributed by atoms with Crippen molar-refractivity contribution in [2.75, 3.05) is 0 Å². The normalized spacial score (nSPS) is 29.8. The zero-order valence-electron chi connectivity index (χ0n) is 10.7. The molecule has 0 saturated heterocycles. The van der Waals surface area contributed by atoms with Gasteiger partial charge in [-0.15, -0.1) is 0 Å². The molecule has 3 saturated carbocycles. The van der Waals surface area contributed by atoms with Crippen LogP contribution in [0.2, 0.25) is 11.8 Å². The van der Waals surface area contributed by atoms with E-state index in [0.29, 0.717) is 0 Å². The summed E-state index contributed by atoms with van der Waals surface area (Å²) in [4.78, 5) is 0. The molecule has 3 fully saturated rings. The van der Waals surface area contributed by atoms with Crippen molar-refractivity contribution >= 4 is 19.8 Å². The van der Waals surface area contributed by atoms with Gasteiger partial charge in [0.15, 0.2) is 0 Å². The quantitative estimate of drug-likeness (QED) is 0.616. The van der Waals surface area contributed by atoms with E-state index in [1.165, 1.54) is 11.8 Å². The topological polar surface area (TPSA) is 0 Å². The van der Waals surface area contributed by atoms with E-state index in [0.717, 1.165) is 0 Å². The Labute approximate surface area is 108 Å². The minimum atomic E-state index is -1.04. The summed E-state index contributed by atoms with van der Waals surface area (Å²) < 4.78 is 4.02. The molecule has 0 aromatic rings. The summed E-state index contributed by atoms with van der Waals surface area (Å²) in [5, 5.41) is 0. The van der Waals surface area contributed by atoms with Crippen LogP contribution in [0.5, 0.6) is 0 Å². The summed E-state index contributed by atoms with van der Waals surface area (Å²) in [7, 11) is 0. The predicted molar refractivity (Wildman–Crippen MR) is 72.4 cm³/mol. The fourth-order valence-corrected chi connectivity index (χ4v) is 19.7. The van der Waals surface area contributed by atoms with Gasteiger partial charge in [0.25, 0.3) is 0 Å². The Hall–Kier alpha value is 0.799. The predicted octanol–water partition coefficient (Wildman–Crippen LogP) is 5.31. The molecule has 0 bridgehead atoms. The van der Waals surface area contributed by atoms with Gasteiger partial charge in [0, 0.05) is 0 Å². The Morgan fingerprint density at radius 1 is 0.438 bits per heavy atom. The molecule has 0 aromatic carbocycles. The Morgan fingerprint density at radius 2 is 0.688 bits per heavy atom. The van der Waals surface area contributed by atoms with Crippen LogP contribution < -0.4 is 0 Å². The van der Waals surface area contributed by atoms with Gasteiger partial charge in [-0.05, 0) is 0 Å². The van der Waals surface area contributed by atoms with Gasteiger partial charge in [-0.2, -0.15) is 0 Å². The Kier molecular flexibility index (Phi) is 4.17. The van der Waals surface area contributed by atoms with E-state index in [-0.39, 0.29) is 0 Å². The van der Waals surface area contributed by atoms with Gasteiger partial charge in [0.05, 0.1) is 0 Å². The first-order chi connectivity index (χ1) is 7.95. The van der Waals surface area contributed by atoms with Crippen molar-refractivity contribution in [3.05, 3.63) is 0 Å². The van der Waals surface area contributed by atoms with Crippen LogP contribution in [-0.4, -0.2) is 19.8 Å². The van der Waals surface area contributed by atoms with E-state index in [1.807, 2.05) is 0 Å². The molecule has 0 N–H and O–H groups in total. The molecule has 3 aliphatic carbocycles. The van der Waals surface area contributed by atoms with Crippen molar-refractivity contribution in [3.63, 3.8) is 0 Å². The summed E-state index contributed by atoms with van der Waals surface area (Å²) in [6.07, 6.45) is 19.6. The average Bonchev–Trinajstić information content (AvgIpc) is 3.02. The Morgan fingerprint density at radius 3 is 0.938 bits per heavy atom. The van der Waals surface area contributed by atoms with Crippen LogP contribution in [0.4, 0.5) is 0 Å². The fourth-order valence-electron chi connectivity index (χ4n) is 4.78. The van der Waals surface area contributed by atoms with Crippen molar-refractivity contribution < 1.29 is 0 Å². The molecular formula is C15H27Sn. The van der Waals surface area contributed by atoms with E-state index in [2.05, 4.69) is 0 Å². The van der Waals surface area contributed by atoms with Gasteiger partial charge in [0.2, 0.25) is 0 Å². The second kappa shape index (κ2) is 5.63. The van der Waals surface area contributed by atoms with Gasteiger partial charge in [0.1, 0.15) is 0 Å². The van der Waals surface area contributed by atoms with Crippen molar-refractivity contribution in [3.8, 4) is 0 Å². The third-order valence-corrected chi connectivity index (χ3v) is 18.5. The standard InChI is InChI=1S/3C5H9.Sn/c3*1-2-4-5-3-1;/h3*1H,2-5H2;. The maximum absolute atomic E-state index is 1.67. The van der Waals surface area contributed by atoms with Crippen molar-refractivity contribution in [1.29, 1.82) is 0 Å². The molecule has 1 radical (unpaired) electrons. The summed E-state index contributed by atoms with van der Waals surface area (Å²) in [6, 6.07) is 0. The Bertz CT molecular complexity index is 169. The first-order valence-corrected chi connectivity index (χ1v) is 12.8. The van der Waals surface area contributed by atoms with Gasteiger partial charge in [-0.3, -0.25) is 0 Å². The van der Waals surface area contributed by atoms with E-state index >= 15 is 0 Å². The minimum absolute atomic E-state index is 1.04. The molecule has 0 heterocycles. The van der Waals surface area contributed by atoms with Crippen LogP contribution in [0.3, 0.4) is 0 Å². The van der Waals surface area contributed by atoms with Crippen LogP contribution in [0.15, 0.2) is 0 Å². The van der Waals surface area contributed by atoms with Crippen LogP contribution in [0, 0.1) is 0 Å². The summed E-state index contributed by atoms with van der Waals surface area (Å²) >= 11 is -1.04. The van der Waals surface area contributed by atoms with Gasteiger partial charge >= 0.3 is 109 Å². The molecule has 3 aliphatic rings. The van der Waals surface area contributed by atoms with Gasteiger partial charge in [-0.1, -0.05) is 0 Å². The van der Waals surface area contributed by atoms with Crippen molar-refractivity contribution in [2.24, 2.45) is 0 Å². The number of hydrogen-bond acceptors (Lipinski definition) is 0. The van der Waals surface area contributed by atoms with Gasteiger partial charge in [-0.25, -0.2) is 0 Å². The molecule has 0 atom stereocenters. The number of rotatable bonds is 3. The zero-order chi connectivity index (χ0) is 10.8. The van der Waals surface area contributed by atoms with Crippen LogP contribution in [0.1, 0.15) is 77.0 Å².